The first-order valence-electron chi connectivity index (χ1n) is 35.6. The van der Waals surface area contributed by atoms with Crippen LogP contribution < -0.4 is 44.9 Å². The van der Waals surface area contributed by atoms with E-state index in [1.54, 1.807) is 47.9 Å². The lowest BCUT2D eigenvalue weighted by Gasteiger charge is -2.31. The van der Waals surface area contributed by atoms with Gasteiger partial charge in [0.05, 0.1) is 81.1 Å². The number of benzene rings is 3. The zero-order valence-corrected chi connectivity index (χ0v) is 57.3. The van der Waals surface area contributed by atoms with Crippen LogP contribution in [0.1, 0.15) is 127 Å². The standard InChI is InChI=1S/C26H32N6O3.C24H30N6O3.C23H28N6O3/c1-3-22(4-2-20(1)31-26-29-15-19(16-30-26)18-5-10-34-17-18)35-24-14-21(32-8-11-33-12-9-32)13-23-25(24)28-7-6-27-23;1-16-13-21(28-29(16)2)24(31)27-17-3-5-19(6-4-17)33-22-15-18(30-9-11-32-12-10-30)14-20-23(22)26-8-7-25-20;1-15-12-20(28-27-15)23(30)26-16-2-4-18(5-3-16)32-21-14-17(29-8-10-31-11-9-29)13-19-22(21)25-7-6-24-19/h6-7,13-16,18,20,22H,1-5,8-12,17H2,(H,29,30,31);7-8,13-15,17,19H,3-6,9-12H2,1-2H3,(H,27,31);6-7,12-14,16,18H,2-5,8-11H2,1H3,(H,26,30)(H,27,28). The summed E-state index contributed by atoms with van der Waals surface area (Å²) in [4.78, 5) is 68.2. The number of amides is 2. The zero-order valence-electron chi connectivity index (χ0n) is 57.3. The fraction of sp³-hybridized carbons (Fsp3) is 0.507. The number of fused-ring (bicyclic) bond motifs is 3. The number of morpholine rings is 3. The second-order valence-electron chi connectivity index (χ2n) is 26.9. The highest BCUT2D eigenvalue weighted by molar-refractivity contribution is 5.93. The van der Waals surface area contributed by atoms with Crippen molar-refractivity contribution in [2.24, 2.45) is 7.05 Å². The first-order valence-corrected chi connectivity index (χ1v) is 35.6. The number of hydrogen-bond donors (Lipinski definition) is 4. The highest BCUT2D eigenvalue weighted by Crippen LogP contribution is 2.37. The number of nitrogens with zero attached hydrogens (tertiary/aromatic N) is 14. The molecule has 0 radical (unpaired) electrons. The van der Waals surface area contributed by atoms with Crippen LogP contribution in [-0.4, -0.2) is 200 Å². The maximum atomic E-state index is 12.5. The van der Waals surface area contributed by atoms with Crippen LogP contribution in [0.5, 0.6) is 17.2 Å². The van der Waals surface area contributed by atoms with Gasteiger partial charge < -0.3 is 63.8 Å². The van der Waals surface area contributed by atoms with E-state index in [9.17, 15) is 9.59 Å². The molecule has 4 N–H and O–H groups in total. The summed E-state index contributed by atoms with van der Waals surface area (Å²) in [6.07, 6.45) is 26.5. The fourth-order valence-corrected chi connectivity index (χ4v) is 14.2. The van der Waals surface area contributed by atoms with E-state index in [-0.39, 0.29) is 42.2 Å². The summed E-state index contributed by atoms with van der Waals surface area (Å²) < 4.78 is 43.2. The molecule has 7 fully saturated rings. The van der Waals surface area contributed by atoms with Crippen molar-refractivity contribution in [2.75, 3.05) is 112 Å². The summed E-state index contributed by atoms with van der Waals surface area (Å²) in [6.45, 7) is 15.0. The van der Waals surface area contributed by atoms with Crippen LogP contribution in [0.3, 0.4) is 0 Å². The van der Waals surface area contributed by atoms with E-state index in [2.05, 4.69) is 122 Å². The van der Waals surface area contributed by atoms with Crippen LogP contribution in [0, 0.1) is 13.8 Å². The minimum absolute atomic E-state index is 0.0837. The summed E-state index contributed by atoms with van der Waals surface area (Å²) in [5, 5.41) is 20.9. The van der Waals surface area contributed by atoms with Crippen molar-refractivity contribution in [3.8, 4) is 17.2 Å². The highest BCUT2D eigenvalue weighted by atomic mass is 16.5. The Labute approximate surface area is 581 Å². The molecule has 7 aliphatic rings. The molecule has 2 amide bonds. The van der Waals surface area contributed by atoms with E-state index in [4.69, 9.17) is 33.2 Å². The van der Waals surface area contributed by atoms with Crippen LogP contribution in [0.15, 0.2) is 98.1 Å². The normalized spacial score (nSPS) is 22.6. The topological polar surface area (TPSA) is 294 Å². The van der Waals surface area contributed by atoms with Gasteiger partial charge in [0.1, 0.15) is 45.2 Å². The van der Waals surface area contributed by atoms with Gasteiger partial charge in [0.25, 0.3) is 11.8 Å². The molecular weight excluding hydrogens is 1270 g/mol. The molecule has 1 atom stereocenters. The monoisotopic (exact) mass is 1360 g/mol. The van der Waals surface area contributed by atoms with Crippen molar-refractivity contribution >= 4 is 67.9 Å². The molecular formula is C73H90N18O9. The number of H-pyrrole nitrogens is 1. The molecule has 10 heterocycles. The molecule has 0 bridgehead atoms. The van der Waals surface area contributed by atoms with Gasteiger partial charge in [-0.25, -0.2) is 24.9 Å². The lowest BCUT2D eigenvalue weighted by atomic mass is 9.92. The molecule has 100 heavy (non-hydrogen) atoms. The Kier molecular flexibility index (Phi) is 21.8. The van der Waals surface area contributed by atoms with Crippen LogP contribution in [0.25, 0.3) is 33.1 Å². The van der Waals surface area contributed by atoms with Crippen molar-refractivity contribution < 1.29 is 42.7 Å². The molecule has 3 aliphatic carbocycles. The van der Waals surface area contributed by atoms with Gasteiger partial charge in [-0.3, -0.25) is 34.3 Å². The second-order valence-corrected chi connectivity index (χ2v) is 26.9. The van der Waals surface area contributed by atoms with Crippen molar-refractivity contribution in [1.82, 2.24) is 70.5 Å². The molecule has 0 spiro atoms. The molecule has 16 rings (SSSR count). The molecule has 1 unspecified atom stereocenters. The molecule has 4 aliphatic heterocycles. The molecule has 9 aromatic rings. The number of aromatic nitrogens is 12. The number of aryl methyl sites for hydroxylation is 3. The molecule has 4 saturated heterocycles. The van der Waals surface area contributed by atoms with Crippen molar-refractivity contribution in [1.29, 1.82) is 0 Å². The van der Waals surface area contributed by atoms with E-state index in [0.29, 0.717) is 29.3 Å². The van der Waals surface area contributed by atoms with E-state index >= 15 is 0 Å². The minimum atomic E-state index is -0.127. The van der Waals surface area contributed by atoms with Crippen LogP contribution in [0.2, 0.25) is 0 Å². The smallest absolute Gasteiger partial charge is 0.272 e. The van der Waals surface area contributed by atoms with Gasteiger partial charge in [-0.05, 0) is 133 Å². The summed E-state index contributed by atoms with van der Waals surface area (Å²) in [7, 11) is 1.84. The lowest BCUT2D eigenvalue weighted by Crippen LogP contribution is -2.40. The van der Waals surface area contributed by atoms with Gasteiger partial charge in [-0.15, -0.1) is 0 Å². The Morgan fingerprint density at radius 3 is 1.25 bits per heavy atom. The number of aromatic amines is 1. The van der Waals surface area contributed by atoms with Crippen molar-refractivity contribution in [3.63, 3.8) is 0 Å². The van der Waals surface area contributed by atoms with Gasteiger partial charge in [0.15, 0.2) is 0 Å². The summed E-state index contributed by atoms with van der Waals surface area (Å²) in [5.41, 5.74) is 12.2. The fourth-order valence-electron chi connectivity index (χ4n) is 14.2. The van der Waals surface area contributed by atoms with E-state index in [0.717, 1.165) is 254 Å². The average molecular weight is 1360 g/mol. The Balaban J connectivity index is 0.000000128. The number of ether oxygens (including phenoxy) is 7. The van der Waals surface area contributed by atoms with Crippen molar-refractivity contribution in [3.05, 3.63) is 126 Å². The van der Waals surface area contributed by atoms with Crippen LogP contribution >= 0.6 is 0 Å². The number of rotatable bonds is 16. The van der Waals surface area contributed by atoms with Gasteiger partial charge in [0, 0.05) is 173 Å². The first kappa shape index (κ1) is 67.7. The summed E-state index contributed by atoms with van der Waals surface area (Å²) in [6, 6.07) is 16.7. The Morgan fingerprint density at radius 1 is 0.460 bits per heavy atom. The number of carbonyl (C=O) groups is 2. The average Bonchev–Trinajstić information content (AvgIpc) is 1.06. The number of anilines is 4. The number of nitrogens with one attached hydrogen (secondary N) is 4. The third kappa shape index (κ3) is 17.0. The van der Waals surface area contributed by atoms with Gasteiger partial charge in [0.2, 0.25) is 5.95 Å². The molecule has 3 saturated carbocycles. The second kappa shape index (κ2) is 32.3. The van der Waals surface area contributed by atoms with E-state index in [1.165, 1.54) is 5.56 Å². The largest absolute Gasteiger partial charge is 0.488 e. The Bertz CT molecular complexity index is 4170. The van der Waals surface area contributed by atoms with Gasteiger partial charge in [-0.2, -0.15) is 10.2 Å². The van der Waals surface area contributed by atoms with Gasteiger partial charge >= 0.3 is 0 Å². The Hall–Kier alpha value is -9.44. The van der Waals surface area contributed by atoms with E-state index < -0.39 is 0 Å². The molecule has 27 nitrogen and oxygen atoms in total. The number of carbonyl (C=O) groups excluding carboxylic acids is 2. The third-order valence-corrected chi connectivity index (χ3v) is 20.0. The zero-order chi connectivity index (χ0) is 68.2. The van der Waals surface area contributed by atoms with E-state index in [1.807, 2.05) is 39.4 Å². The maximum Gasteiger partial charge on any atom is 0.272 e. The first-order chi connectivity index (χ1) is 49.0. The highest BCUT2D eigenvalue weighted by Gasteiger charge is 2.30. The van der Waals surface area contributed by atoms with Crippen LogP contribution in [-0.2, 0) is 26.0 Å². The van der Waals surface area contributed by atoms with Crippen LogP contribution in [0.4, 0.5) is 23.0 Å². The molecule has 3 aromatic carbocycles. The van der Waals surface area contributed by atoms with Gasteiger partial charge in [-0.1, -0.05) is 0 Å². The molecule has 6 aromatic heterocycles. The predicted octanol–water partition coefficient (Wildman–Crippen LogP) is 8.81. The summed E-state index contributed by atoms with van der Waals surface area (Å²) >= 11 is 0. The molecule has 27 heteroatoms. The number of hydrogen-bond acceptors (Lipinski definition) is 23. The predicted molar refractivity (Wildman–Crippen MR) is 378 cm³/mol. The van der Waals surface area contributed by atoms with Crippen molar-refractivity contribution in [2.45, 2.75) is 140 Å². The minimum Gasteiger partial charge on any atom is -0.488 e. The summed E-state index contributed by atoms with van der Waals surface area (Å²) in [5.74, 6) is 3.27. The maximum absolute atomic E-state index is 12.5. The lowest BCUT2D eigenvalue weighted by molar-refractivity contribution is 0.0883. The quantitative estimate of drug-likeness (QED) is 0.0702. The Morgan fingerprint density at radius 2 is 0.870 bits per heavy atom. The molecule has 526 valence electrons. The SMILES string of the molecule is Cc1cc(C(=O)NC2CCC(Oc3cc(N4CCOCC4)cc4nccnc34)CC2)n[nH]1.Cc1cc(C(=O)NC2CCC(Oc3cc(N4CCOCC4)cc4nccnc34)CC2)nn1C.c1cnc2c(OC3CCC(Nc4ncc(C5CCOC5)cn4)CC3)cc(N3CCOCC3)cc2n1. The third-order valence-electron chi connectivity index (χ3n) is 20.0.